The van der Waals surface area contributed by atoms with Gasteiger partial charge in [0.15, 0.2) is 0 Å². The van der Waals surface area contributed by atoms with Crippen LogP contribution in [0.25, 0.3) is 0 Å². The predicted octanol–water partition coefficient (Wildman–Crippen LogP) is 2.22. The Morgan fingerprint density at radius 1 is 1.50 bits per heavy atom. The van der Waals surface area contributed by atoms with Gasteiger partial charge >= 0.3 is 6.03 Å². The summed E-state index contributed by atoms with van der Waals surface area (Å²) < 4.78 is 5.72. The Hall–Kier alpha value is -2.15. The largest absolute Gasteiger partial charge is 0.472 e. The van der Waals surface area contributed by atoms with Crippen LogP contribution >= 0.6 is 11.3 Å². The topological polar surface area (TPSA) is 67.4 Å². The molecule has 1 aliphatic rings. The number of aromatic nitrogens is 2. The van der Waals surface area contributed by atoms with Crippen molar-refractivity contribution in [2.45, 2.75) is 12.5 Å². The Kier molecular flexibility index (Phi) is 3.78. The lowest BCUT2D eigenvalue weighted by Crippen LogP contribution is -2.34. The Morgan fingerprint density at radius 3 is 3.20 bits per heavy atom. The van der Waals surface area contributed by atoms with Gasteiger partial charge in [0.25, 0.3) is 0 Å². The highest BCUT2D eigenvalue weighted by molar-refractivity contribution is 7.14. The van der Waals surface area contributed by atoms with Crippen molar-refractivity contribution in [2.75, 3.05) is 18.4 Å². The van der Waals surface area contributed by atoms with Gasteiger partial charge in [0.1, 0.15) is 12.4 Å². The first-order valence-corrected chi connectivity index (χ1v) is 7.21. The summed E-state index contributed by atoms with van der Waals surface area (Å²) in [5.74, 6) is 0.547. The zero-order chi connectivity index (χ0) is 13.8. The van der Waals surface area contributed by atoms with Crippen molar-refractivity contribution >= 4 is 22.4 Å². The molecule has 1 saturated heterocycles. The van der Waals surface area contributed by atoms with Crippen molar-refractivity contribution in [3.05, 3.63) is 36.1 Å². The first kappa shape index (κ1) is 12.9. The van der Waals surface area contributed by atoms with E-state index in [4.69, 9.17) is 4.74 Å². The van der Waals surface area contributed by atoms with Gasteiger partial charge in [-0.2, -0.15) is 0 Å². The van der Waals surface area contributed by atoms with Crippen LogP contribution in [-0.4, -0.2) is 40.1 Å². The number of anilines is 1. The van der Waals surface area contributed by atoms with Crippen LogP contribution in [-0.2, 0) is 0 Å². The minimum atomic E-state index is -0.0822. The molecule has 1 atom stereocenters. The van der Waals surface area contributed by atoms with E-state index in [0.717, 1.165) is 11.4 Å². The SMILES string of the molecule is O=C(Nc1cccs1)N1CCC(Oc2ccncn2)C1. The number of rotatable bonds is 3. The molecule has 0 bridgehead atoms. The second-order valence-corrected chi connectivity index (χ2v) is 5.38. The summed E-state index contributed by atoms with van der Waals surface area (Å²) in [5, 5.41) is 5.66. The standard InChI is InChI=1S/C13H14N4O2S/c18-13(16-12-2-1-7-20-12)17-6-4-10(8-17)19-11-3-5-14-9-15-11/h1-3,5,7,9-10H,4,6,8H2,(H,16,18). The maximum absolute atomic E-state index is 12.1. The van der Waals surface area contributed by atoms with E-state index in [1.54, 1.807) is 17.2 Å². The third kappa shape index (κ3) is 3.05. The van der Waals surface area contributed by atoms with E-state index in [0.29, 0.717) is 19.0 Å². The molecule has 1 unspecified atom stereocenters. The third-order valence-corrected chi connectivity index (χ3v) is 3.81. The van der Waals surface area contributed by atoms with Gasteiger partial charge in [-0.05, 0) is 17.5 Å². The summed E-state index contributed by atoms with van der Waals surface area (Å²) in [7, 11) is 0. The number of nitrogens with one attached hydrogen (secondary N) is 1. The highest BCUT2D eigenvalue weighted by Gasteiger charge is 2.28. The molecular weight excluding hydrogens is 276 g/mol. The molecule has 3 rings (SSSR count). The van der Waals surface area contributed by atoms with E-state index in [2.05, 4.69) is 15.3 Å². The second-order valence-electron chi connectivity index (χ2n) is 4.43. The van der Waals surface area contributed by atoms with Gasteiger partial charge in [0.2, 0.25) is 5.88 Å². The molecular formula is C13H14N4O2S. The van der Waals surface area contributed by atoms with E-state index < -0.39 is 0 Å². The van der Waals surface area contributed by atoms with E-state index in [1.807, 2.05) is 17.5 Å². The van der Waals surface area contributed by atoms with Gasteiger partial charge in [-0.15, -0.1) is 11.3 Å². The number of hydrogen-bond acceptors (Lipinski definition) is 5. The van der Waals surface area contributed by atoms with Crippen molar-refractivity contribution in [3.8, 4) is 5.88 Å². The molecule has 6 nitrogen and oxygen atoms in total. The molecule has 1 fully saturated rings. The van der Waals surface area contributed by atoms with Gasteiger partial charge in [-0.3, -0.25) is 5.32 Å². The van der Waals surface area contributed by atoms with Crippen LogP contribution in [0, 0.1) is 0 Å². The smallest absolute Gasteiger partial charge is 0.322 e. The van der Waals surface area contributed by atoms with Crippen molar-refractivity contribution < 1.29 is 9.53 Å². The fourth-order valence-corrected chi connectivity index (χ4v) is 2.67. The summed E-state index contributed by atoms with van der Waals surface area (Å²) in [5.41, 5.74) is 0. The number of hydrogen-bond donors (Lipinski definition) is 1. The molecule has 20 heavy (non-hydrogen) atoms. The summed E-state index contributed by atoms with van der Waals surface area (Å²) in [6.07, 6.45) is 3.88. The van der Waals surface area contributed by atoms with E-state index in [1.165, 1.54) is 17.7 Å². The molecule has 3 heterocycles. The number of urea groups is 1. The fraction of sp³-hybridized carbons (Fsp3) is 0.308. The molecule has 0 spiro atoms. The lowest BCUT2D eigenvalue weighted by atomic mass is 10.3. The van der Waals surface area contributed by atoms with Gasteiger partial charge in [-0.25, -0.2) is 14.8 Å². The lowest BCUT2D eigenvalue weighted by molar-refractivity contribution is 0.189. The summed E-state index contributed by atoms with van der Waals surface area (Å²) in [6.45, 7) is 1.26. The fourth-order valence-electron chi connectivity index (χ4n) is 2.06. The van der Waals surface area contributed by atoms with Gasteiger partial charge < -0.3 is 9.64 Å². The normalized spacial score (nSPS) is 18.0. The average molecular weight is 290 g/mol. The molecule has 104 valence electrons. The van der Waals surface area contributed by atoms with Crippen molar-refractivity contribution in [1.82, 2.24) is 14.9 Å². The van der Waals surface area contributed by atoms with Crippen LogP contribution < -0.4 is 10.1 Å². The molecule has 0 saturated carbocycles. The number of nitrogens with zero attached hydrogens (tertiary/aromatic N) is 3. The van der Waals surface area contributed by atoms with Crippen molar-refractivity contribution in [3.63, 3.8) is 0 Å². The van der Waals surface area contributed by atoms with E-state index >= 15 is 0 Å². The zero-order valence-corrected chi connectivity index (χ0v) is 11.5. The number of ether oxygens (including phenoxy) is 1. The molecule has 2 aromatic rings. The highest BCUT2D eigenvalue weighted by atomic mass is 32.1. The number of thiophene rings is 1. The Balaban J connectivity index is 1.53. The van der Waals surface area contributed by atoms with Crippen LogP contribution in [0.15, 0.2) is 36.1 Å². The summed E-state index contributed by atoms with van der Waals surface area (Å²) >= 11 is 1.51. The second kappa shape index (κ2) is 5.87. The Labute approximate surface area is 120 Å². The molecule has 1 aliphatic heterocycles. The minimum absolute atomic E-state index is 0.0148. The van der Waals surface area contributed by atoms with Crippen LogP contribution in [0.2, 0.25) is 0 Å². The number of carbonyl (C=O) groups is 1. The van der Waals surface area contributed by atoms with Crippen LogP contribution in [0.5, 0.6) is 5.88 Å². The van der Waals surface area contributed by atoms with E-state index in [9.17, 15) is 4.79 Å². The summed E-state index contributed by atoms with van der Waals surface area (Å²) in [4.78, 5) is 21.7. The first-order valence-electron chi connectivity index (χ1n) is 6.33. The average Bonchev–Trinajstić information content (AvgIpc) is 3.11. The quantitative estimate of drug-likeness (QED) is 0.941. The molecule has 2 amide bonds. The van der Waals surface area contributed by atoms with Gasteiger partial charge in [-0.1, -0.05) is 0 Å². The summed E-state index contributed by atoms with van der Waals surface area (Å²) in [6, 6.07) is 5.42. The van der Waals surface area contributed by atoms with Gasteiger partial charge in [0.05, 0.1) is 11.5 Å². The van der Waals surface area contributed by atoms with Crippen LogP contribution in [0.1, 0.15) is 6.42 Å². The Morgan fingerprint density at radius 2 is 2.45 bits per heavy atom. The number of carbonyl (C=O) groups excluding carboxylic acids is 1. The molecule has 0 aromatic carbocycles. The molecule has 0 aliphatic carbocycles. The molecule has 0 radical (unpaired) electrons. The zero-order valence-electron chi connectivity index (χ0n) is 10.7. The van der Waals surface area contributed by atoms with Crippen LogP contribution in [0.4, 0.5) is 9.80 Å². The number of likely N-dealkylation sites (tertiary alicyclic amines) is 1. The van der Waals surface area contributed by atoms with Crippen LogP contribution in [0.3, 0.4) is 0 Å². The van der Waals surface area contributed by atoms with Crippen molar-refractivity contribution in [2.24, 2.45) is 0 Å². The molecule has 1 N–H and O–H groups in total. The van der Waals surface area contributed by atoms with Crippen molar-refractivity contribution in [1.29, 1.82) is 0 Å². The predicted molar refractivity (Wildman–Crippen MR) is 76.0 cm³/mol. The molecule has 2 aromatic heterocycles. The number of amides is 2. The van der Waals surface area contributed by atoms with Gasteiger partial charge in [0, 0.05) is 25.2 Å². The van der Waals surface area contributed by atoms with E-state index in [-0.39, 0.29) is 12.1 Å². The maximum Gasteiger partial charge on any atom is 0.322 e. The highest BCUT2D eigenvalue weighted by Crippen LogP contribution is 2.19. The minimum Gasteiger partial charge on any atom is -0.472 e. The lowest BCUT2D eigenvalue weighted by Gasteiger charge is -2.17. The first-order chi connectivity index (χ1) is 9.81. The monoisotopic (exact) mass is 290 g/mol. The molecule has 7 heteroatoms. The maximum atomic E-state index is 12.1. The third-order valence-electron chi connectivity index (χ3n) is 3.03. The Bertz CT molecular complexity index is 561.